The van der Waals surface area contributed by atoms with Gasteiger partial charge < -0.3 is 5.32 Å². The van der Waals surface area contributed by atoms with Crippen molar-refractivity contribution in [2.75, 3.05) is 5.32 Å². The zero-order valence-electron chi connectivity index (χ0n) is 12.1. The molecule has 0 saturated heterocycles. The van der Waals surface area contributed by atoms with E-state index in [1.165, 1.54) is 17.1 Å². The van der Waals surface area contributed by atoms with Gasteiger partial charge in [0.05, 0.1) is 0 Å². The van der Waals surface area contributed by atoms with Gasteiger partial charge in [0.1, 0.15) is 0 Å². The SMILES string of the molecule is O=C(Nc1nc(SCc2ccccc2)ns1)[C@H]1CC=CCC1. The molecule has 1 aliphatic carbocycles. The monoisotopic (exact) mass is 331 g/mol. The van der Waals surface area contributed by atoms with Crippen LogP contribution in [0.5, 0.6) is 0 Å². The van der Waals surface area contributed by atoms with Gasteiger partial charge in [-0.3, -0.25) is 4.79 Å². The van der Waals surface area contributed by atoms with Gasteiger partial charge in [0.15, 0.2) is 0 Å². The first-order valence-corrected chi connectivity index (χ1v) is 9.03. The molecule has 0 aliphatic heterocycles. The van der Waals surface area contributed by atoms with Gasteiger partial charge in [0.25, 0.3) is 0 Å². The Morgan fingerprint density at radius 2 is 2.18 bits per heavy atom. The molecule has 114 valence electrons. The maximum Gasteiger partial charge on any atom is 0.229 e. The summed E-state index contributed by atoms with van der Waals surface area (Å²) >= 11 is 2.83. The summed E-state index contributed by atoms with van der Waals surface area (Å²) in [6.07, 6.45) is 6.92. The molecule has 3 rings (SSSR count). The van der Waals surface area contributed by atoms with Crippen LogP contribution in [-0.2, 0) is 10.5 Å². The van der Waals surface area contributed by atoms with Gasteiger partial charge in [-0.1, -0.05) is 54.2 Å². The molecule has 1 aromatic heterocycles. The zero-order valence-corrected chi connectivity index (χ0v) is 13.7. The number of amides is 1. The molecule has 0 unspecified atom stereocenters. The predicted octanol–water partition coefficient (Wildman–Crippen LogP) is 4.13. The fraction of sp³-hybridized carbons (Fsp3) is 0.312. The molecule has 1 heterocycles. The van der Waals surface area contributed by atoms with Crippen molar-refractivity contribution in [3.63, 3.8) is 0 Å². The normalized spacial score (nSPS) is 17.4. The molecule has 1 atom stereocenters. The molecule has 0 spiro atoms. The van der Waals surface area contributed by atoms with Crippen LogP contribution in [0.2, 0.25) is 0 Å². The van der Waals surface area contributed by atoms with Crippen molar-refractivity contribution in [2.24, 2.45) is 5.92 Å². The van der Waals surface area contributed by atoms with Crippen molar-refractivity contribution < 1.29 is 4.79 Å². The number of carbonyl (C=O) groups excluding carboxylic acids is 1. The van der Waals surface area contributed by atoms with E-state index in [2.05, 4.69) is 39.0 Å². The third kappa shape index (κ3) is 4.18. The van der Waals surface area contributed by atoms with Crippen molar-refractivity contribution in [1.29, 1.82) is 0 Å². The van der Waals surface area contributed by atoms with E-state index < -0.39 is 0 Å². The minimum atomic E-state index is 0.0557. The van der Waals surface area contributed by atoms with Crippen LogP contribution in [-0.4, -0.2) is 15.3 Å². The Morgan fingerprint density at radius 3 is 2.95 bits per heavy atom. The largest absolute Gasteiger partial charge is 0.300 e. The Bertz CT molecular complexity index is 654. The molecule has 1 aliphatic rings. The van der Waals surface area contributed by atoms with Crippen LogP contribution in [0.4, 0.5) is 5.13 Å². The van der Waals surface area contributed by atoms with Gasteiger partial charge in [0.2, 0.25) is 16.2 Å². The predicted molar refractivity (Wildman–Crippen MR) is 91.0 cm³/mol. The highest BCUT2D eigenvalue weighted by Crippen LogP contribution is 2.25. The van der Waals surface area contributed by atoms with Gasteiger partial charge in [-0.2, -0.15) is 9.36 Å². The molecule has 22 heavy (non-hydrogen) atoms. The number of allylic oxidation sites excluding steroid dienone is 2. The molecule has 6 heteroatoms. The van der Waals surface area contributed by atoms with E-state index in [0.29, 0.717) is 10.3 Å². The Labute approximate surface area is 138 Å². The lowest BCUT2D eigenvalue weighted by Gasteiger charge is -2.15. The van der Waals surface area contributed by atoms with Crippen LogP contribution in [0.3, 0.4) is 0 Å². The second-order valence-corrected chi connectivity index (χ2v) is 6.82. The number of anilines is 1. The van der Waals surface area contributed by atoms with E-state index in [4.69, 9.17) is 0 Å². The Kier molecular flexibility index (Phi) is 5.24. The summed E-state index contributed by atoms with van der Waals surface area (Å²) in [6.45, 7) is 0. The van der Waals surface area contributed by atoms with Crippen LogP contribution in [0, 0.1) is 5.92 Å². The molecule has 0 saturated carbocycles. The van der Waals surface area contributed by atoms with E-state index in [0.717, 1.165) is 25.0 Å². The molecular formula is C16H17N3OS2. The first-order valence-electron chi connectivity index (χ1n) is 7.27. The van der Waals surface area contributed by atoms with E-state index in [1.807, 2.05) is 18.2 Å². The molecule has 4 nitrogen and oxygen atoms in total. The minimum Gasteiger partial charge on any atom is -0.300 e. The fourth-order valence-electron chi connectivity index (χ4n) is 2.28. The number of rotatable bonds is 5. The van der Waals surface area contributed by atoms with Gasteiger partial charge in [-0.15, -0.1) is 0 Å². The van der Waals surface area contributed by atoms with Crippen molar-refractivity contribution >= 4 is 34.3 Å². The number of carbonyl (C=O) groups is 1. The summed E-state index contributed by atoms with van der Waals surface area (Å²) in [6, 6.07) is 10.2. The average Bonchev–Trinajstić information content (AvgIpc) is 3.02. The van der Waals surface area contributed by atoms with Crippen LogP contribution in [0.25, 0.3) is 0 Å². The first-order chi connectivity index (χ1) is 10.8. The van der Waals surface area contributed by atoms with Gasteiger partial charge in [-0.05, 0) is 24.8 Å². The maximum atomic E-state index is 12.1. The number of benzene rings is 1. The molecule has 2 aromatic rings. The Balaban J connectivity index is 1.52. The number of hydrogen-bond donors (Lipinski definition) is 1. The topological polar surface area (TPSA) is 54.9 Å². The Hall–Kier alpha value is -1.66. The second kappa shape index (κ2) is 7.56. The molecular weight excluding hydrogens is 314 g/mol. The summed E-state index contributed by atoms with van der Waals surface area (Å²) in [7, 11) is 0. The highest BCUT2D eigenvalue weighted by atomic mass is 32.2. The number of nitrogens with zero attached hydrogens (tertiary/aromatic N) is 2. The number of thioether (sulfide) groups is 1. The number of nitrogens with one attached hydrogen (secondary N) is 1. The Morgan fingerprint density at radius 1 is 1.32 bits per heavy atom. The smallest absolute Gasteiger partial charge is 0.229 e. The highest BCUT2D eigenvalue weighted by molar-refractivity contribution is 7.98. The summed E-state index contributed by atoms with van der Waals surface area (Å²) < 4.78 is 4.29. The minimum absolute atomic E-state index is 0.0557. The molecule has 1 amide bonds. The van der Waals surface area contributed by atoms with Gasteiger partial charge in [0, 0.05) is 23.2 Å². The van der Waals surface area contributed by atoms with Crippen LogP contribution in [0.1, 0.15) is 24.8 Å². The molecule has 0 fully saturated rings. The van der Waals surface area contributed by atoms with E-state index in [-0.39, 0.29) is 11.8 Å². The third-order valence-electron chi connectivity index (χ3n) is 3.49. The maximum absolute atomic E-state index is 12.1. The summed E-state index contributed by atoms with van der Waals surface area (Å²) in [4.78, 5) is 16.5. The first kappa shape index (κ1) is 15.2. The van der Waals surface area contributed by atoms with E-state index >= 15 is 0 Å². The number of aromatic nitrogens is 2. The van der Waals surface area contributed by atoms with Gasteiger partial charge in [-0.25, -0.2) is 0 Å². The van der Waals surface area contributed by atoms with Crippen molar-refractivity contribution in [3.8, 4) is 0 Å². The molecule has 1 aromatic carbocycles. The van der Waals surface area contributed by atoms with E-state index in [9.17, 15) is 4.79 Å². The van der Waals surface area contributed by atoms with Crippen LogP contribution >= 0.6 is 23.3 Å². The molecule has 0 bridgehead atoms. The average molecular weight is 331 g/mol. The van der Waals surface area contributed by atoms with E-state index in [1.54, 1.807) is 11.8 Å². The van der Waals surface area contributed by atoms with Crippen LogP contribution < -0.4 is 5.32 Å². The number of hydrogen-bond acceptors (Lipinski definition) is 5. The van der Waals surface area contributed by atoms with Crippen molar-refractivity contribution in [1.82, 2.24) is 9.36 Å². The summed E-state index contributed by atoms with van der Waals surface area (Å²) in [5, 5.41) is 4.20. The fourth-order valence-corrected chi connectivity index (χ4v) is 3.78. The lowest BCUT2D eigenvalue weighted by atomic mass is 9.94. The highest BCUT2D eigenvalue weighted by Gasteiger charge is 2.20. The lowest BCUT2D eigenvalue weighted by molar-refractivity contribution is -0.120. The molecule has 1 N–H and O–H groups in total. The third-order valence-corrected chi connectivity index (χ3v) is 5.15. The lowest BCUT2D eigenvalue weighted by Crippen LogP contribution is -2.23. The van der Waals surface area contributed by atoms with Gasteiger partial charge >= 0.3 is 0 Å². The standard InChI is InChI=1S/C16H17N3OS2/c20-14(13-9-5-2-6-10-13)17-15-18-16(19-22-15)21-11-12-7-3-1-4-8-12/h1-5,7-8,13H,6,9-11H2,(H,17,18,19,20)/t13-/m0/s1. The van der Waals surface area contributed by atoms with Crippen molar-refractivity contribution in [2.45, 2.75) is 30.2 Å². The summed E-state index contributed by atoms with van der Waals surface area (Å²) in [5.41, 5.74) is 1.24. The van der Waals surface area contributed by atoms with Crippen LogP contribution in [0.15, 0.2) is 47.6 Å². The summed E-state index contributed by atoms with van der Waals surface area (Å²) in [5.74, 6) is 0.952. The second-order valence-electron chi connectivity index (χ2n) is 5.13. The molecule has 0 radical (unpaired) electrons. The van der Waals surface area contributed by atoms with Crippen molar-refractivity contribution in [3.05, 3.63) is 48.0 Å². The quantitative estimate of drug-likeness (QED) is 0.661. The zero-order chi connectivity index (χ0) is 15.2.